The summed E-state index contributed by atoms with van der Waals surface area (Å²) in [6, 6.07) is 13.3. The number of hydrogen-bond donors (Lipinski definition) is 4. The first-order valence-corrected chi connectivity index (χ1v) is 11.3. The lowest BCUT2D eigenvalue weighted by Gasteiger charge is -2.26. The fraction of sp³-hybridized carbons (Fsp3) is 0.320. The van der Waals surface area contributed by atoms with Crippen LogP contribution in [0, 0.1) is 0 Å². The zero-order valence-electron chi connectivity index (χ0n) is 19.6. The summed E-state index contributed by atoms with van der Waals surface area (Å²) in [5.74, 6) is -3.23. The smallest absolute Gasteiger partial charge is 0.490 e. The van der Waals surface area contributed by atoms with Gasteiger partial charge in [-0.15, -0.1) is 0 Å². The summed E-state index contributed by atoms with van der Waals surface area (Å²) in [4.78, 5) is 30.4. The molecule has 5 N–H and O–H groups in total. The van der Waals surface area contributed by atoms with E-state index in [1.54, 1.807) is 18.2 Å². The van der Waals surface area contributed by atoms with E-state index in [0.29, 0.717) is 22.4 Å². The highest BCUT2D eigenvalue weighted by molar-refractivity contribution is 6.13. The number of aromatic hydroxyl groups is 1. The van der Waals surface area contributed by atoms with Crippen molar-refractivity contribution in [1.82, 2.24) is 9.88 Å². The molecule has 2 aromatic carbocycles. The van der Waals surface area contributed by atoms with Crippen LogP contribution in [0.15, 0.2) is 47.5 Å². The molecule has 8 nitrogen and oxygen atoms in total. The standard InChI is InChI=1S/C23H26N4O2.C2HF3O2/c1-15(21-19-10-7-17(22(24)28)13-20(19)26-23(21)29)25-18-8-5-16(6-9-18)14-27-11-3-2-4-12-27;3-2(4,5)1(6)7/h5-10,13,26,29H,2-4,11-12,14H2,1H3,(H2,24,28);(H,6,7). The van der Waals surface area contributed by atoms with E-state index in [1.165, 1.54) is 37.9 Å². The maximum Gasteiger partial charge on any atom is 0.490 e. The lowest BCUT2D eigenvalue weighted by Crippen LogP contribution is -2.28. The third-order valence-electron chi connectivity index (χ3n) is 5.76. The van der Waals surface area contributed by atoms with E-state index in [9.17, 15) is 23.1 Å². The normalized spacial score (nSPS) is 14.8. The van der Waals surface area contributed by atoms with E-state index in [-0.39, 0.29) is 5.88 Å². The predicted octanol–water partition coefficient (Wildman–Crippen LogP) is 4.73. The first-order valence-electron chi connectivity index (χ1n) is 11.3. The third-order valence-corrected chi connectivity index (χ3v) is 5.76. The molecule has 0 aliphatic carbocycles. The second kappa shape index (κ2) is 11.3. The molecule has 0 atom stereocenters. The highest BCUT2D eigenvalue weighted by atomic mass is 19.4. The van der Waals surface area contributed by atoms with Crippen molar-refractivity contribution < 1.29 is 33.0 Å². The summed E-state index contributed by atoms with van der Waals surface area (Å²) in [5.41, 5.74) is 9.85. The largest absolute Gasteiger partial charge is 0.494 e. The first-order chi connectivity index (χ1) is 17.0. The molecule has 0 radical (unpaired) electrons. The van der Waals surface area contributed by atoms with Crippen LogP contribution in [-0.4, -0.2) is 57.0 Å². The molecule has 0 spiro atoms. The Morgan fingerprint density at radius 3 is 2.25 bits per heavy atom. The SMILES string of the molecule is CC(=Nc1ccc(CN2CCCCC2)cc1)c1c(O)[nH]c2cc(C(N)=O)ccc12.O=C(O)C(F)(F)F. The summed E-state index contributed by atoms with van der Waals surface area (Å²) in [6.45, 7) is 5.20. The fourth-order valence-corrected chi connectivity index (χ4v) is 4.00. The number of halogens is 3. The van der Waals surface area contributed by atoms with Crippen LogP contribution in [0.2, 0.25) is 0 Å². The van der Waals surface area contributed by atoms with Crippen molar-refractivity contribution in [2.45, 2.75) is 38.9 Å². The molecular formula is C25H27F3N4O4. The van der Waals surface area contributed by atoms with Gasteiger partial charge in [-0.1, -0.05) is 24.6 Å². The highest BCUT2D eigenvalue weighted by Gasteiger charge is 2.38. The molecule has 3 aromatic rings. The summed E-state index contributed by atoms with van der Waals surface area (Å²) in [7, 11) is 0. The van der Waals surface area contributed by atoms with Crippen molar-refractivity contribution in [3.8, 4) is 5.88 Å². The average molecular weight is 505 g/mol. The number of aliphatic imine (C=N–C) groups is 1. The third kappa shape index (κ3) is 6.85. The summed E-state index contributed by atoms with van der Waals surface area (Å²) in [6.07, 6.45) is -1.17. The van der Waals surface area contributed by atoms with Crippen LogP contribution in [0.5, 0.6) is 5.88 Å². The van der Waals surface area contributed by atoms with Crippen LogP contribution in [0.1, 0.15) is 47.7 Å². The van der Waals surface area contributed by atoms with Crippen molar-refractivity contribution in [2.24, 2.45) is 10.7 Å². The van der Waals surface area contributed by atoms with Gasteiger partial charge in [0.1, 0.15) is 0 Å². The van der Waals surface area contributed by atoms with Crippen molar-refractivity contribution >= 4 is 34.2 Å². The monoisotopic (exact) mass is 504 g/mol. The number of piperidine rings is 1. The van der Waals surface area contributed by atoms with Gasteiger partial charge in [-0.05, 0) is 62.7 Å². The number of amides is 1. The number of carboxylic acids is 1. The number of alkyl halides is 3. The molecule has 0 unspecified atom stereocenters. The van der Waals surface area contributed by atoms with Crippen molar-refractivity contribution in [2.75, 3.05) is 13.1 Å². The number of aromatic amines is 1. The van der Waals surface area contributed by atoms with Crippen molar-refractivity contribution in [1.29, 1.82) is 0 Å². The average Bonchev–Trinajstić information content (AvgIpc) is 3.15. The second-order valence-corrected chi connectivity index (χ2v) is 8.48. The van der Waals surface area contributed by atoms with Crippen LogP contribution in [0.25, 0.3) is 10.9 Å². The van der Waals surface area contributed by atoms with E-state index >= 15 is 0 Å². The van der Waals surface area contributed by atoms with Crippen LogP contribution >= 0.6 is 0 Å². The molecule has 1 aliphatic heterocycles. The van der Waals surface area contributed by atoms with Crippen LogP contribution in [-0.2, 0) is 11.3 Å². The molecule has 2 heterocycles. The Labute approximate surface area is 205 Å². The maximum atomic E-state index is 11.4. The Morgan fingerprint density at radius 1 is 1.08 bits per heavy atom. The number of aromatic nitrogens is 1. The Hall–Kier alpha value is -3.86. The van der Waals surface area contributed by atoms with Gasteiger partial charge in [-0.3, -0.25) is 14.7 Å². The van der Waals surface area contributed by atoms with Gasteiger partial charge >= 0.3 is 12.1 Å². The van der Waals surface area contributed by atoms with Crippen LogP contribution < -0.4 is 5.73 Å². The van der Waals surface area contributed by atoms with E-state index < -0.39 is 18.1 Å². The Bertz CT molecular complexity index is 1260. The lowest BCUT2D eigenvalue weighted by atomic mass is 10.1. The molecule has 4 rings (SSSR count). The minimum Gasteiger partial charge on any atom is -0.494 e. The van der Waals surface area contributed by atoms with E-state index in [1.807, 2.05) is 19.1 Å². The van der Waals surface area contributed by atoms with Gasteiger partial charge < -0.3 is 20.9 Å². The van der Waals surface area contributed by atoms with Gasteiger partial charge in [0.05, 0.1) is 17.0 Å². The minimum atomic E-state index is -5.08. The number of H-pyrrole nitrogens is 1. The zero-order chi connectivity index (χ0) is 26.5. The Balaban J connectivity index is 0.000000454. The Kier molecular flexibility index (Phi) is 8.36. The lowest BCUT2D eigenvalue weighted by molar-refractivity contribution is -0.192. The van der Waals surface area contributed by atoms with Gasteiger partial charge in [0.25, 0.3) is 0 Å². The van der Waals surface area contributed by atoms with E-state index in [0.717, 1.165) is 17.6 Å². The molecule has 0 bridgehead atoms. The quantitative estimate of drug-likeness (QED) is 0.373. The van der Waals surface area contributed by atoms with E-state index in [2.05, 4.69) is 27.0 Å². The molecule has 36 heavy (non-hydrogen) atoms. The van der Waals surface area contributed by atoms with Crippen LogP contribution in [0.3, 0.4) is 0 Å². The number of fused-ring (bicyclic) bond motifs is 1. The van der Waals surface area contributed by atoms with Crippen molar-refractivity contribution in [3.05, 3.63) is 59.2 Å². The van der Waals surface area contributed by atoms with Gasteiger partial charge in [0.2, 0.25) is 5.91 Å². The molecular weight excluding hydrogens is 477 g/mol. The summed E-state index contributed by atoms with van der Waals surface area (Å²) >= 11 is 0. The number of rotatable bonds is 5. The highest BCUT2D eigenvalue weighted by Crippen LogP contribution is 2.30. The van der Waals surface area contributed by atoms with Crippen molar-refractivity contribution in [3.63, 3.8) is 0 Å². The number of carbonyl (C=O) groups is 2. The molecule has 192 valence electrons. The van der Waals surface area contributed by atoms with Crippen LogP contribution in [0.4, 0.5) is 18.9 Å². The number of benzene rings is 2. The summed E-state index contributed by atoms with van der Waals surface area (Å²) in [5, 5.41) is 18.3. The number of nitrogens with two attached hydrogens (primary N) is 1. The van der Waals surface area contributed by atoms with Gasteiger partial charge in [0, 0.05) is 23.0 Å². The Morgan fingerprint density at radius 2 is 1.69 bits per heavy atom. The molecule has 11 heteroatoms. The molecule has 1 aromatic heterocycles. The number of aliphatic carboxylic acids is 1. The molecule has 1 fully saturated rings. The number of likely N-dealkylation sites (tertiary alicyclic amines) is 1. The van der Waals surface area contributed by atoms with Gasteiger partial charge in [-0.2, -0.15) is 13.2 Å². The van der Waals surface area contributed by atoms with E-state index in [4.69, 9.17) is 15.6 Å². The van der Waals surface area contributed by atoms with Gasteiger partial charge in [-0.25, -0.2) is 4.79 Å². The molecule has 0 saturated carbocycles. The molecule has 1 saturated heterocycles. The maximum absolute atomic E-state index is 11.4. The fourth-order valence-electron chi connectivity index (χ4n) is 4.00. The number of hydrogen-bond acceptors (Lipinski definition) is 5. The number of carboxylic acid groups (broad SMARTS) is 1. The number of carbonyl (C=O) groups excluding carboxylic acids is 1. The molecule has 1 amide bonds. The number of nitrogens with zero attached hydrogens (tertiary/aromatic N) is 2. The first kappa shape index (κ1) is 26.7. The summed E-state index contributed by atoms with van der Waals surface area (Å²) < 4.78 is 31.7. The molecule has 1 aliphatic rings. The second-order valence-electron chi connectivity index (χ2n) is 8.48. The predicted molar refractivity (Wildman–Crippen MR) is 130 cm³/mol. The van der Waals surface area contributed by atoms with Gasteiger partial charge in [0.15, 0.2) is 5.88 Å². The number of nitrogens with one attached hydrogen (secondary N) is 1. The minimum absolute atomic E-state index is 0.0320. The zero-order valence-corrected chi connectivity index (χ0v) is 19.6. The topological polar surface area (TPSA) is 132 Å². The number of primary amides is 1.